The predicted octanol–water partition coefficient (Wildman–Crippen LogP) is 10.0. The van der Waals surface area contributed by atoms with Gasteiger partial charge >= 0.3 is 0 Å². The summed E-state index contributed by atoms with van der Waals surface area (Å²) >= 11 is 0. The summed E-state index contributed by atoms with van der Waals surface area (Å²) in [5.74, 6) is 0.728. The average molecular weight is 563 g/mol. The van der Waals surface area contributed by atoms with E-state index in [0.717, 1.165) is 33.9 Å². The van der Waals surface area contributed by atoms with Gasteiger partial charge in [0.2, 0.25) is 0 Å². The van der Waals surface area contributed by atoms with Crippen LogP contribution in [0.3, 0.4) is 0 Å². The zero-order valence-corrected chi connectivity index (χ0v) is 23.8. The van der Waals surface area contributed by atoms with Gasteiger partial charge in [0.25, 0.3) is 0 Å². The Morgan fingerprint density at radius 1 is 0.341 bits per heavy atom. The third-order valence-corrected chi connectivity index (χ3v) is 8.60. The second-order valence-corrected chi connectivity index (χ2v) is 11.1. The van der Waals surface area contributed by atoms with Crippen LogP contribution in [-0.2, 0) is 0 Å². The number of nitrogens with zero attached hydrogens (tertiary/aromatic N) is 4. The molecule has 0 saturated heterocycles. The van der Waals surface area contributed by atoms with Gasteiger partial charge in [-0.25, -0.2) is 9.97 Å². The van der Waals surface area contributed by atoms with Crippen LogP contribution in [0.4, 0.5) is 0 Å². The van der Waals surface area contributed by atoms with Crippen molar-refractivity contribution in [3.05, 3.63) is 158 Å². The summed E-state index contributed by atoms with van der Waals surface area (Å²) in [4.78, 5) is 9.38. The van der Waals surface area contributed by atoms with Crippen LogP contribution in [0.25, 0.3) is 77.5 Å². The van der Waals surface area contributed by atoms with Crippen molar-refractivity contribution in [3.8, 4) is 33.9 Å². The lowest BCUT2D eigenvalue weighted by molar-refractivity contribution is 1.16. The number of aromatic nitrogens is 4. The largest absolute Gasteiger partial charge is 0.309 e. The minimum Gasteiger partial charge on any atom is -0.309 e. The maximum absolute atomic E-state index is 4.69. The molecule has 0 amide bonds. The van der Waals surface area contributed by atoms with Gasteiger partial charge in [-0.2, -0.15) is 0 Å². The Morgan fingerprint density at radius 2 is 0.864 bits per heavy atom. The van der Waals surface area contributed by atoms with Gasteiger partial charge in [-0.3, -0.25) is 0 Å². The minimum atomic E-state index is 0.728. The van der Waals surface area contributed by atoms with Gasteiger partial charge in [0.15, 0.2) is 5.82 Å². The first-order chi connectivity index (χ1) is 21.8. The minimum absolute atomic E-state index is 0.728. The van der Waals surface area contributed by atoms with Crippen LogP contribution in [0.2, 0.25) is 0 Å². The molecule has 3 aromatic heterocycles. The van der Waals surface area contributed by atoms with E-state index in [9.17, 15) is 0 Å². The van der Waals surface area contributed by atoms with Crippen LogP contribution in [0.5, 0.6) is 0 Å². The Hall–Kier alpha value is -6.00. The molecule has 4 nitrogen and oxygen atoms in total. The third-order valence-electron chi connectivity index (χ3n) is 8.60. The zero-order valence-electron chi connectivity index (χ0n) is 23.8. The molecule has 0 radical (unpaired) electrons. The van der Waals surface area contributed by atoms with Crippen LogP contribution in [-0.4, -0.2) is 19.1 Å². The fourth-order valence-electron chi connectivity index (χ4n) is 6.60. The van der Waals surface area contributed by atoms with Crippen molar-refractivity contribution in [2.75, 3.05) is 0 Å². The monoisotopic (exact) mass is 562 g/mol. The quantitative estimate of drug-likeness (QED) is 0.214. The van der Waals surface area contributed by atoms with E-state index in [0.29, 0.717) is 0 Å². The molecule has 0 atom stereocenters. The SMILES string of the molecule is c1ccc(-c2ncc(-c3cccc(-n4c5ccccc5c5cc6c7ccccc7n(-c7ccccc7)c6cc54)c3)cn2)cc1. The van der Waals surface area contributed by atoms with E-state index in [1.807, 2.05) is 42.7 Å². The fraction of sp³-hybridized carbons (Fsp3) is 0. The Morgan fingerprint density at radius 3 is 1.52 bits per heavy atom. The highest BCUT2D eigenvalue weighted by molar-refractivity contribution is 6.19. The Labute approximate surface area is 254 Å². The van der Waals surface area contributed by atoms with E-state index in [2.05, 4.69) is 124 Å². The van der Waals surface area contributed by atoms with Gasteiger partial charge in [-0.1, -0.05) is 97.1 Å². The first kappa shape index (κ1) is 24.6. The highest BCUT2D eigenvalue weighted by Crippen LogP contribution is 2.39. The molecule has 4 heteroatoms. The standard InChI is InChI=1S/C40H26N4/c1-3-12-27(13-4-1)40-41-25-29(26-42-40)28-14-11-17-31(22-28)44-37-21-10-8-19-33(37)35-23-34-32-18-7-9-20-36(32)43(38(34)24-39(35)44)30-15-5-2-6-16-30/h1-26H. The summed E-state index contributed by atoms with van der Waals surface area (Å²) < 4.78 is 4.77. The van der Waals surface area contributed by atoms with Crippen LogP contribution in [0, 0.1) is 0 Å². The van der Waals surface area contributed by atoms with Gasteiger partial charge in [-0.05, 0) is 54.1 Å². The zero-order chi connectivity index (χ0) is 29.0. The molecule has 9 rings (SSSR count). The molecule has 0 unspecified atom stereocenters. The molecule has 0 aliphatic rings. The van der Waals surface area contributed by atoms with Crippen molar-refractivity contribution in [1.29, 1.82) is 0 Å². The molecular weight excluding hydrogens is 536 g/mol. The number of rotatable bonds is 4. The van der Waals surface area contributed by atoms with Crippen molar-refractivity contribution in [2.24, 2.45) is 0 Å². The lowest BCUT2D eigenvalue weighted by Crippen LogP contribution is -1.96. The predicted molar refractivity (Wildman–Crippen MR) is 182 cm³/mol. The van der Waals surface area contributed by atoms with Gasteiger partial charge in [0.1, 0.15) is 0 Å². The summed E-state index contributed by atoms with van der Waals surface area (Å²) in [6.07, 6.45) is 3.84. The first-order valence-corrected chi connectivity index (χ1v) is 14.8. The average Bonchev–Trinajstić information content (AvgIpc) is 3.60. The molecule has 0 aliphatic heterocycles. The van der Waals surface area contributed by atoms with E-state index >= 15 is 0 Å². The first-order valence-electron chi connectivity index (χ1n) is 14.8. The molecule has 0 fully saturated rings. The summed E-state index contributed by atoms with van der Waals surface area (Å²) in [6.45, 7) is 0. The number of para-hydroxylation sites is 3. The summed E-state index contributed by atoms with van der Waals surface area (Å²) in [6, 6.07) is 51.6. The second kappa shape index (κ2) is 9.79. The molecule has 0 bridgehead atoms. The molecule has 0 aliphatic carbocycles. The Balaban J connectivity index is 1.27. The summed E-state index contributed by atoms with van der Waals surface area (Å²) in [7, 11) is 0. The van der Waals surface area contributed by atoms with Crippen molar-refractivity contribution >= 4 is 43.6 Å². The normalized spacial score (nSPS) is 11.6. The van der Waals surface area contributed by atoms with E-state index in [1.54, 1.807) is 0 Å². The molecule has 9 aromatic rings. The van der Waals surface area contributed by atoms with E-state index in [4.69, 9.17) is 9.97 Å². The highest BCUT2D eigenvalue weighted by Gasteiger charge is 2.18. The number of hydrogen-bond acceptors (Lipinski definition) is 2. The summed E-state index contributed by atoms with van der Waals surface area (Å²) in [5.41, 5.74) is 10.1. The molecule has 44 heavy (non-hydrogen) atoms. The van der Waals surface area contributed by atoms with Gasteiger partial charge in [-0.15, -0.1) is 0 Å². The van der Waals surface area contributed by atoms with Gasteiger partial charge in [0.05, 0.1) is 22.1 Å². The van der Waals surface area contributed by atoms with E-state index in [1.165, 1.54) is 43.6 Å². The van der Waals surface area contributed by atoms with Crippen LogP contribution in [0.1, 0.15) is 0 Å². The van der Waals surface area contributed by atoms with Crippen molar-refractivity contribution < 1.29 is 0 Å². The number of hydrogen-bond donors (Lipinski definition) is 0. The lowest BCUT2D eigenvalue weighted by atomic mass is 10.1. The molecule has 0 spiro atoms. The Kier molecular flexibility index (Phi) is 5.47. The van der Waals surface area contributed by atoms with E-state index < -0.39 is 0 Å². The van der Waals surface area contributed by atoms with Gasteiger partial charge in [0, 0.05) is 56.4 Å². The number of benzene rings is 6. The fourth-order valence-corrected chi connectivity index (χ4v) is 6.60. The molecule has 3 heterocycles. The smallest absolute Gasteiger partial charge is 0.159 e. The van der Waals surface area contributed by atoms with Crippen LogP contribution >= 0.6 is 0 Å². The van der Waals surface area contributed by atoms with E-state index in [-0.39, 0.29) is 0 Å². The molecule has 206 valence electrons. The number of fused-ring (bicyclic) bond motifs is 6. The second-order valence-electron chi connectivity index (χ2n) is 11.1. The maximum Gasteiger partial charge on any atom is 0.159 e. The molecular formula is C40H26N4. The molecule has 6 aromatic carbocycles. The Bertz CT molecular complexity index is 2470. The topological polar surface area (TPSA) is 35.6 Å². The highest BCUT2D eigenvalue weighted by atomic mass is 15.0. The van der Waals surface area contributed by atoms with Gasteiger partial charge < -0.3 is 9.13 Å². The van der Waals surface area contributed by atoms with Crippen LogP contribution in [0.15, 0.2) is 158 Å². The van der Waals surface area contributed by atoms with Crippen molar-refractivity contribution in [1.82, 2.24) is 19.1 Å². The maximum atomic E-state index is 4.69. The molecule has 0 N–H and O–H groups in total. The summed E-state index contributed by atoms with van der Waals surface area (Å²) in [5, 5.41) is 4.99. The van der Waals surface area contributed by atoms with Crippen molar-refractivity contribution in [3.63, 3.8) is 0 Å². The third kappa shape index (κ3) is 3.78. The van der Waals surface area contributed by atoms with Crippen LogP contribution < -0.4 is 0 Å². The van der Waals surface area contributed by atoms with Crippen molar-refractivity contribution in [2.45, 2.75) is 0 Å². The molecule has 0 saturated carbocycles. The lowest BCUT2D eigenvalue weighted by Gasteiger charge is -2.11.